The zero-order chi connectivity index (χ0) is 18.8. The van der Waals surface area contributed by atoms with Crippen molar-refractivity contribution in [3.05, 3.63) is 71.8 Å². The number of rotatable bonds is 4. The summed E-state index contributed by atoms with van der Waals surface area (Å²) in [5.74, 6) is 1.29. The molecule has 0 unspecified atom stereocenters. The number of likely N-dealkylation sites (tertiary alicyclic amines) is 1. The quantitative estimate of drug-likeness (QED) is 0.833. The van der Waals surface area contributed by atoms with Crippen LogP contribution in [0.2, 0.25) is 0 Å². The predicted molar refractivity (Wildman–Crippen MR) is 107 cm³/mol. The standard InChI is InChI=1S/C23H26N2O2/c1-16(2)15-25-13-11-17(12-14-25)24-23(26)22-18-7-3-5-9-20(18)27-21-10-6-4-8-19(21)22/h3-10,17,22H,1,11-15H2,2H3,(H,24,26). The average Bonchev–Trinajstić information content (AvgIpc) is 2.67. The summed E-state index contributed by atoms with van der Waals surface area (Å²) >= 11 is 0. The van der Waals surface area contributed by atoms with E-state index in [1.54, 1.807) is 0 Å². The fourth-order valence-electron chi connectivity index (χ4n) is 4.09. The largest absolute Gasteiger partial charge is 0.457 e. The van der Waals surface area contributed by atoms with Gasteiger partial charge < -0.3 is 10.1 Å². The summed E-state index contributed by atoms with van der Waals surface area (Å²) in [6.45, 7) is 9.00. The van der Waals surface area contributed by atoms with Crippen LogP contribution in [0.4, 0.5) is 0 Å². The van der Waals surface area contributed by atoms with Crippen molar-refractivity contribution in [3.8, 4) is 11.5 Å². The minimum Gasteiger partial charge on any atom is -0.457 e. The van der Waals surface area contributed by atoms with Crippen LogP contribution in [0.1, 0.15) is 36.8 Å². The SMILES string of the molecule is C=C(C)CN1CCC(NC(=O)C2c3ccccc3Oc3ccccc32)CC1. The van der Waals surface area contributed by atoms with Crippen LogP contribution < -0.4 is 10.1 Å². The molecule has 0 aromatic heterocycles. The number of amides is 1. The smallest absolute Gasteiger partial charge is 0.232 e. The van der Waals surface area contributed by atoms with E-state index >= 15 is 0 Å². The van der Waals surface area contributed by atoms with Crippen molar-refractivity contribution < 1.29 is 9.53 Å². The second kappa shape index (κ2) is 7.57. The van der Waals surface area contributed by atoms with E-state index in [2.05, 4.69) is 23.7 Å². The van der Waals surface area contributed by atoms with E-state index in [1.807, 2.05) is 48.5 Å². The van der Waals surface area contributed by atoms with Gasteiger partial charge in [-0.25, -0.2) is 0 Å². The maximum absolute atomic E-state index is 13.3. The molecular weight excluding hydrogens is 336 g/mol. The highest BCUT2D eigenvalue weighted by atomic mass is 16.5. The van der Waals surface area contributed by atoms with Gasteiger partial charge in [0.15, 0.2) is 0 Å². The molecule has 4 nitrogen and oxygen atoms in total. The van der Waals surface area contributed by atoms with Crippen LogP contribution in [0.25, 0.3) is 0 Å². The fraction of sp³-hybridized carbons (Fsp3) is 0.348. The Balaban J connectivity index is 1.50. The molecule has 1 N–H and O–H groups in total. The molecule has 27 heavy (non-hydrogen) atoms. The van der Waals surface area contributed by atoms with E-state index in [0.717, 1.165) is 55.1 Å². The number of ether oxygens (including phenoxy) is 1. The Morgan fingerprint density at radius 3 is 2.19 bits per heavy atom. The van der Waals surface area contributed by atoms with E-state index in [4.69, 9.17) is 4.74 Å². The summed E-state index contributed by atoms with van der Waals surface area (Å²) in [7, 11) is 0. The lowest BCUT2D eigenvalue weighted by Gasteiger charge is -2.34. The van der Waals surface area contributed by atoms with E-state index in [1.165, 1.54) is 5.57 Å². The molecule has 4 rings (SSSR count). The highest BCUT2D eigenvalue weighted by molar-refractivity contribution is 5.89. The first-order valence-corrected chi connectivity index (χ1v) is 9.64. The molecule has 2 aliphatic heterocycles. The molecule has 140 valence electrons. The third-order valence-electron chi connectivity index (χ3n) is 5.37. The predicted octanol–water partition coefficient (Wildman–Crippen LogP) is 4.08. The van der Waals surface area contributed by atoms with Crippen LogP contribution in [-0.4, -0.2) is 36.5 Å². The van der Waals surface area contributed by atoms with Crippen LogP contribution >= 0.6 is 0 Å². The third-order valence-corrected chi connectivity index (χ3v) is 5.37. The van der Waals surface area contributed by atoms with Crippen LogP contribution in [-0.2, 0) is 4.79 Å². The van der Waals surface area contributed by atoms with Crippen LogP contribution in [0.15, 0.2) is 60.7 Å². The summed E-state index contributed by atoms with van der Waals surface area (Å²) in [5.41, 5.74) is 3.06. The summed E-state index contributed by atoms with van der Waals surface area (Å²) in [4.78, 5) is 15.7. The molecule has 2 aliphatic rings. The lowest BCUT2D eigenvalue weighted by atomic mass is 9.87. The lowest BCUT2D eigenvalue weighted by molar-refractivity contribution is -0.122. The molecule has 0 aliphatic carbocycles. The van der Waals surface area contributed by atoms with E-state index in [-0.39, 0.29) is 17.9 Å². The van der Waals surface area contributed by atoms with Crippen LogP contribution in [0.5, 0.6) is 11.5 Å². The minimum atomic E-state index is -0.320. The first-order chi connectivity index (χ1) is 13.1. The number of carbonyl (C=O) groups is 1. The number of hydrogen-bond donors (Lipinski definition) is 1. The van der Waals surface area contributed by atoms with Crippen molar-refractivity contribution in [1.29, 1.82) is 0 Å². The zero-order valence-corrected chi connectivity index (χ0v) is 15.8. The van der Waals surface area contributed by atoms with Gasteiger partial charge in [0.25, 0.3) is 0 Å². The molecule has 0 saturated carbocycles. The lowest BCUT2D eigenvalue weighted by Crippen LogP contribution is -2.46. The Morgan fingerprint density at radius 2 is 1.63 bits per heavy atom. The molecule has 2 aromatic rings. The molecule has 2 heterocycles. The summed E-state index contributed by atoms with van der Waals surface area (Å²) < 4.78 is 6.00. The molecule has 2 aromatic carbocycles. The average molecular weight is 362 g/mol. The molecule has 4 heteroatoms. The van der Waals surface area contributed by atoms with Crippen LogP contribution in [0.3, 0.4) is 0 Å². The second-order valence-corrected chi connectivity index (χ2v) is 7.63. The van der Waals surface area contributed by atoms with Gasteiger partial charge in [0.1, 0.15) is 11.5 Å². The Bertz CT molecular complexity index is 807. The number of carbonyl (C=O) groups excluding carboxylic acids is 1. The normalized spacial score (nSPS) is 17.5. The van der Waals surface area contributed by atoms with Crippen molar-refractivity contribution in [2.45, 2.75) is 31.7 Å². The number of benzene rings is 2. The first-order valence-electron chi connectivity index (χ1n) is 9.64. The molecule has 0 spiro atoms. The number of para-hydroxylation sites is 2. The van der Waals surface area contributed by atoms with Gasteiger partial charge in [0.05, 0.1) is 5.92 Å². The molecular formula is C23H26N2O2. The second-order valence-electron chi connectivity index (χ2n) is 7.63. The van der Waals surface area contributed by atoms with Crippen LogP contribution in [0, 0.1) is 0 Å². The van der Waals surface area contributed by atoms with Gasteiger partial charge >= 0.3 is 0 Å². The molecule has 1 saturated heterocycles. The van der Waals surface area contributed by atoms with Gasteiger partial charge in [-0.2, -0.15) is 0 Å². The van der Waals surface area contributed by atoms with Crippen molar-refractivity contribution in [3.63, 3.8) is 0 Å². The number of nitrogens with one attached hydrogen (secondary N) is 1. The molecule has 0 bridgehead atoms. The van der Waals surface area contributed by atoms with Gasteiger partial charge in [0, 0.05) is 36.8 Å². The van der Waals surface area contributed by atoms with Gasteiger partial charge in [-0.3, -0.25) is 9.69 Å². The van der Waals surface area contributed by atoms with Crippen molar-refractivity contribution >= 4 is 5.91 Å². The maximum Gasteiger partial charge on any atom is 0.232 e. The van der Waals surface area contributed by atoms with Crippen molar-refractivity contribution in [1.82, 2.24) is 10.2 Å². The van der Waals surface area contributed by atoms with Gasteiger partial charge in [0.2, 0.25) is 5.91 Å². The van der Waals surface area contributed by atoms with E-state index in [9.17, 15) is 4.79 Å². The summed E-state index contributed by atoms with van der Waals surface area (Å²) in [5, 5.41) is 3.30. The van der Waals surface area contributed by atoms with E-state index in [0.29, 0.717) is 0 Å². The monoisotopic (exact) mass is 362 g/mol. The number of fused-ring (bicyclic) bond motifs is 2. The van der Waals surface area contributed by atoms with Crippen molar-refractivity contribution in [2.24, 2.45) is 0 Å². The maximum atomic E-state index is 13.3. The Morgan fingerprint density at radius 1 is 1.07 bits per heavy atom. The first kappa shape index (κ1) is 17.8. The Hall–Kier alpha value is -2.59. The van der Waals surface area contributed by atoms with E-state index < -0.39 is 0 Å². The van der Waals surface area contributed by atoms with Gasteiger partial charge in [-0.05, 0) is 31.9 Å². The highest BCUT2D eigenvalue weighted by Crippen LogP contribution is 2.44. The molecule has 1 amide bonds. The van der Waals surface area contributed by atoms with Gasteiger partial charge in [-0.1, -0.05) is 48.6 Å². The summed E-state index contributed by atoms with van der Waals surface area (Å²) in [6.07, 6.45) is 1.96. The molecule has 0 radical (unpaired) electrons. The molecule has 1 fully saturated rings. The number of piperidine rings is 1. The Kier molecular flexibility index (Phi) is 4.99. The minimum absolute atomic E-state index is 0.0663. The Labute approximate surface area is 160 Å². The topological polar surface area (TPSA) is 41.6 Å². The highest BCUT2D eigenvalue weighted by Gasteiger charge is 2.33. The third kappa shape index (κ3) is 3.76. The fourth-order valence-corrected chi connectivity index (χ4v) is 4.09. The summed E-state index contributed by atoms with van der Waals surface area (Å²) in [6, 6.07) is 15.9. The number of hydrogen-bond acceptors (Lipinski definition) is 3. The molecule has 0 atom stereocenters. The number of nitrogens with zero attached hydrogens (tertiary/aromatic N) is 1. The van der Waals surface area contributed by atoms with Crippen molar-refractivity contribution in [2.75, 3.05) is 19.6 Å². The van der Waals surface area contributed by atoms with Gasteiger partial charge in [-0.15, -0.1) is 0 Å². The zero-order valence-electron chi connectivity index (χ0n) is 15.8.